The van der Waals surface area contributed by atoms with Crippen LogP contribution in [0.25, 0.3) is 0 Å². The van der Waals surface area contributed by atoms with Crippen molar-refractivity contribution in [3.63, 3.8) is 0 Å². The predicted octanol–water partition coefficient (Wildman–Crippen LogP) is 3.98. The van der Waals surface area contributed by atoms with Crippen LogP contribution in [0, 0.1) is 35.4 Å². The molecule has 5 heteroatoms. The van der Waals surface area contributed by atoms with Crippen LogP contribution >= 0.6 is 0 Å². The summed E-state index contributed by atoms with van der Waals surface area (Å²) in [6.07, 6.45) is 0. The van der Waals surface area contributed by atoms with E-state index in [-0.39, 0.29) is 16.7 Å². The highest BCUT2D eigenvalue weighted by molar-refractivity contribution is 5.82. The highest BCUT2D eigenvalue weighted by Crippen LogP contribution is 2.26. The minimum Gasteiger partial charge on any atom is -0.459 e. The van der Waals surface area contributed by atoms with Crippen molar-refractivity contribution < 1.29 is 13.9 Å². The zero-order valence-corrected chi connectivity index (χ0v) is 13.8. The summed E-state index contributed by atoms with van der Waals surface area (Å²) >= 11 is 0. The summed E-state index contributed by atoms with van der Waals surface area (Å²) in [5.74, 6) is -2.54. The van der Waals surface area contributed by atoms with Crippen LogP contribution in [0.3, 0.4) is 0 Å². The zero-order chi connectivity index (χ0) is 17.5. The monoisotopic (exact) mass is 304 g/mol. The fourth-order valence-corrected chi connectivity index (χ4v) is 1.71. The normalized spacial score (nSPS) is 11.3. The second-order valence-corrected chi connectivity index (χ2v) is 5.34. The van der Waals surface area contributed by atoms with Crippen molar-refractivity contribution >= 4 is 5.97 Å². The van der Waals surface area contributed by atoms with Crippen LogP contribution in [0.4, 0.5) is 4.39 Å². The Hall–Kier alpha value is -2.40. The standard InChI is InChI=1S/C15H15FN2O2.C2H6/c1-9-11(7-17)10(5-6-13(9)16)12(8-18)14(19)20-15(2,3)4;1-2/h5-6,12H,1-4H3;1-2H3. The van der Waals surface area contributed by atoms with Gasteiger partial charge in [-0.05, 0) is 39.3 Å². The molecule has 0 radical (unpaired) electrons. The summed E-state index contributed by atoms with van der Waals surface area (Å²) in [6, 6.07) is 6.07. The number of ether oxygens (including phenoxy) is 1. The van der Waals surface area contributed by atoms with E-state index in [4.69, 9.17) is 10.00 Å². The number of hydrogen-bond acceptors (Lipinski definition) is 4. The lowest BCUT2D eigenvalue weighted by atomic mass is 9.92. The van der Waals surface area contributed by atoms with Gasteiger partial charge in [-0.15, -0.1) is 0 Å². The van der Waals surface area contributed by atoms with Gasteiger partial charge < -0.3 is 4.74 Å². The van der Waals surface area contributed by atoms with Crippen molar-refractivity contribution in [2.24, 2.45) is 0 Å². The molecule has 0 spiro atoms. The molecule has 0 amide bonds. The Morgan fingerprint density at radius 1 is 1.27 bits per heavy atom. The summed E-state index contributed by atoms with van der Waals surface area (Å²) < 4.78 is 18.6. The third kappa shape index (κ3) is 4.86. The molecule has 1 unspecified atom stereocenters. The van der Waals surface area contributed by atoms with Crippen LogP contribution in [-0.2, 0) is 9.53 Å². The molecule has 0 aliphatic carbocycles. The molecule has 0 aliphatic heterocycles. The maximum absolute atomic E-state index is 13.4. The fraction of sp³-hybridized carbons (Fsp3) is 0.471. The number of halogens is 1. The lowest BCUT2D eigenvalue weighted by molar-refractivity contribution is -0.155. The number of rotatable bonds is 2. The van der Waals surface area contributed by atoms with Crippen molar-refractivity contribution in [1.29, 1.82) is 10.5 Å². The van der Waals surface area contributed by atoms with E-state index in [9.17, 15) is 14.4 Å². The van der Waals surface area contributed by atoms with Crippen molar-refractivity contribution in [3.8, 4) is 12.1 Å². The molecule has 0 aliphatic rings. The Morgan fingerprint density at radius 2 is 1.82 bits per heavy atom. The van der Waals surface area contributed by atoms with Gasteiger partial charge >= 0.3 is 5.97 Å². The zero-order valence-electron chi connectivity index (χ0n) is 13.8. The van der Waals surface area contributed by atoms with Gasteiger partial charge in [0.25, 0.3) is 0 Å². The molecule has 0 fully saturated rings. The predicted molar refractivity (Wildman–Crippen MR) is 81.4 cm³/mol. The van der Waals surface area contributed by atoms with E-state index in [0.717, 1.165) is 6.07 Å². The Kier molecular flexibility index (Phi) is 7.25. The molecule has 4 nitrogen and oxygen atoms in total. The Balaban J connectivity index is 0.00000211. The van der Waals surface area contributed by atoms with Gasteiger partial charge in [0.05, 0.1) is 17.7 Å². The van der Waals surface area contributed by atoms with Gasteiger partial charge in [0.15, 0.2) is 5.92 Å². The molecular weight excluding hydrogens is 283 g/mol. The van der Waals surface area contributed by atoms with Gasteiger partial charge in [-0.3, -0.25) is 4.79 Å². The van der Waals surface area contributed by atoms with Crippen LogP contribution in [0.1, 0.15) is 57.2 Å². The van der Waals surface area contributed by atoms with Crippen LogP contribution in [0.15, 0.2) is 12.1 Å². The number of hydrogen-bond donors (Lipinski definition) is 0. The van der Waals surface area contributed by atoms with Gasteiger partial charge in [0.2, 0.25) is 0 Å². The Labute approximate surface area is 131 Å². The van der Waals surface area contributed by atoms with Crippen molar-refractivity contribution in [2.75, 3.05) is 0 Å². The summed E-state index contributed by atoms with van der Waals surface area (Å²) in [6.45, 7) is 10.5. The molecule has 22 heavy (non-hydrogen) atoms. The highest BCUT2D eigenvalue weighted by atomic mass is 19.1. The molecule has 1 aromatic rings. The first-order chi connectivity index (χ1) is 10.2. The molecule has 0 saturated heterocycles. The van der Waals surface area contributed by atoms with Gasteiger partial charge in [-0.25, -0.2) is 4.39 Å². The maximum atomic E-state index is 13.4. The quantitative estimate of drug-likeness (QED) is 0.774. The number of benzene rings is 1. The van der Waals surface area contributed by atoms with Crippen LogP contribution in [-0.4, -0.2) is 11.6 Å². The molecule has 1 aromatic carbocycles. The van der Waals surface area contributed by atoms with Gasteiger partial charge in [-0.1, -0.05) is 19.9 Å². The number of nitrogens with zero attached hydrogens (tertiary/aromatic N) is 2. The van der Waals surface area contributed by atoms with Crippen LogP contribution in [0.2, 0.25) is 0 Å². The van der Waals surface area contributed by atoms with E-state index in [1.54, 1.807) is 20.8 Å². The Bertz CT molecular complexity index is 619. The van der Waals surface area contributed by atoms with Gasteiger partial charge in [0, 0.05) is 5.56 Å². The first-order valence-electron chi connectivity index (χ1n) is 7.03. The maximum Gasteiger partial charge on any atom is 0.328 e. The second kappa shape index (κ2) is 8.14. The molecule has 0 bridgehead atoms. The molecule has 118 valence electrons. The molecule has 1 rings (SSSR count). The summed E-state index contributed by atoms with van der Waals surface area (Å²) in [5, 5.41) is 18.3. The van der Waals surface area contributed by atoms with E-state index in [1.807, 2.05) is 26.0 Å². The number of carbonyl (C=O) groups is 1. The van der Waals surface area contributed by atoms with E-state index in [2.05, 4.69) is 0 Å². The molecule has 0 saturated carbocycles. The lowest BCUT2D eigenvalue weighted by Crippen LogP contribution is -2.27. The highest BCUT2D eigenvalue weighted by Gasteiger charge is 2.29. The van der Waals surface area contributed by atoms with Crippen LogP contribution in [0.5, 0.6) is 0 Å². The average Bonchev–Trinajstić information content (AvgIpc) is 2.44. The van der Waals surface area contributed by atoms with Crippen molar-refractivity contribution in [2.45, 2.75) is 53.1 Å². The Morgan fingerprint density at radius 3 is 2.23 bits per heavy atom. The third-order valence-electron chi connectivity index (χ3n) is 2.63. The SMILES string of the molecule is CC.Cc1c(F)ccc(C(C#N)C(=O)OC(C)(C)C)c1C#N. The van der Waals surface area contributed by atoms with Crippen LogP contribution < -0.4 is 0 Å². The smallest absolute Gasteiger partial charge is 0.328 e. The molecular formula is C17H21FN2O2. The first-order valence-corrected chi connectivity index (χ1v) is 7.03. The minimum atomic E-state index is -1.25. The number of carbonyl (C=O) groups excluding carboxylic acids is 1. The third-order valence-corrected chi connectivity index (χ3v) is 2.63. The molecule has 0 N–H and O–H groups in total. The van der Waals surface area contributed by atoms with E-state index >= 15 is 0 Å². The molecule has 0 aromatic heterocycles. The van der Waals surface area contributed by atoms with Gasteiger partial charge in [-0.2, -0.15) is 10.5 Å². The lowest BCUT2D eigenvalue weighted by Gasteiger charge is -2.22. The average molecular weight is 304 g/mol. The topological polar surface area (TPSA) is 73.9 Å². The van der Waals surface area contributed by atoms with Gasteiger partial charge in [0.1, 0.15) is 11.4 Å². The summed E-state index contributed by atoms with van der Waals surface area (Å²) in [7, 11) is 0. The van der Waals surface area contributed by atoms with E-state index < -0.39 is 23.3 Å². The number of nitriles is 2. The molecule has 1 atom stereocenters. The summed E-state index contributed by atoms with van der Waals surface area (Å²) in [4.78, 5) is 12.0. The van der Waals surface area contributed by atoms with Crippen molar-refractivity contribution in [1.82, 2.24) is 0 Å². The fourth-order valence-electron chi connectivity index (χ4n) is 1.71. The van der Waals surface area contributed by atoms with Crippen molar-refractivity contribution in [3.05, 3.63) is 34.6 Å². The number of esters is 1. The second-order valence-electron chi connectivity index (χ2n) is 5.34. The first kappa shape index (κ1) is 19.6. The van der Waals surface area contributed by atoms with E-state index in [1.165, 1.54) is 13.0 Å². The van der Waals surface area contributed by atoms with E-state index in [0.29, 0.717) is 0 Å². The summed E-state index contributed by atoms with van der Waals surface area (Å²) in [5.41, 5.74) is -0.451. The minimum absolute atomic E-state index is 0.00223. The molecule has 0 heterocycles. The largest absolute Gasteiger partial charge is 0.459 e.